The minimum Gasteiger partial charge on any atom is -0.308 e. The highest BCUT2D eigenvalue weighted by molar-refractivity contribution is 7.26. The summed E-state index contributed by atoms with van der Waals surface area (Å²) in [6.07, 6.45) is 5.33. The van der Waals surface area contributed by atoms with E-state index in [0.717, 1.165) is 5.92 Å². The topological polar surface area (TPSA) is 3.24 Å². The van der Waals surface area contributed by atoms with Crippen molar-refractivity contribution < 1.29 is 0 Å². The van der Waals surface area contributed by atoms with Crippen LogP contribution in [0.1, 0.15) is 36.8 Å². The van der Waals surface area contributed by atoms with E-state index in [1.165, 1.54) is 113 Å². The van der Waals surface area contributed by atoms with Gasteiger partial charge in [-0.1, -0.05) is 164 Å². The van der Waals surface area contributed by atoms with Crippen LogP contribution in [0, 0.1) is 11.8 Å². The van der Waals surface area contributed by atoms with Crippen LogP contribution in [0.25, 0.3) is 64.7 Å². The fourth-order valence-corrected chi connectivity index (χ4v) is 12.5. The second kappa shape index (κ2) is 12.9. The maximum Gasteiger partial charge on any atom is 0.0640 e. The first-order valence-corrected chi connectivity index (χ1v) is 21.4. The van der Waals surface area contributed by atoms with Crippen LogP contribution in [0.5, 0.6) is 0 Å². The summed E-state index contributed by atoms with van der Waals surface area (Å²) in [6.45, 7) is 0. The lowest BCUT2D eigenvalue weighted by molar-refractivity contribution is 0.327. The van der Waals surface area contributed by atoms with Gasteiger partial charge in [-0.3, -0.25) is 0 Å². The number of hydrogen-bond donors (Lipinski definition) is 0. The van der Waals surface area contributed by atoms with Gasteiger partial charge in [0.15, 0.2) is 0 Å². The highest BCUT2D eigenvalue weighted by Crippen LogP contribution is 2.66. The van der Waals surface area contributed by atoms with Crippen LogP contribution in [0.4, 0.5) is 17.1 Å². The average Bonchev–Trinajstić information content (AvgIpc) is 4.06. The van der Waals surface area contributed by atoms with Crippen LogP contribution in [0.15, 0.2) is 188 Å². The average molecular weight is 748 g/mol. The van der Waals surface area contributed by atoms with Gasteiger partial charge in [-0.05, 0) is 112 Å². The molecule has 2 saturated carbocycles. The molecule has 272 valence electrons. The lowest BCUT2D eigenvalue weighted by atomic mass is 9.67. The van der Waals surface area contributed by atoms with Crippen molar-refractivity contribution >= 4 is 48.6 Å². The zero-order valence-corrected chi connectivity index (χ0v) is 32.6. The Bertz CT molecular complexity index is 3010. The smallest absolute Gasteiger partial charge is 0.0640 e. The molecule has 2 fully saturated rings. The molecule has 0 aliphatic heterocycles. The number of rotatable bonds is 6. The number of thiophene rings is 1. The van der Waals surface area contributed by atoms with E-state index in [1.54, 1.807) is 5.56 Å². The van der Waals surface area contributed by atoms with Crippen molar-refractivity contribution in [2.45, 2.75) is 31.1 Å². The number of benzene rings is 8. The molecule has 3 atom stereocenters. The molecule has 1 spiro atoms. The minimum absolute atomic E-state index is 0.0907. The van der Waals surface area contributed by atoms with Gasteiger partial charge in [0.25, 0.3) is 0 Å². The first kappa shape index (κ1) is 33.0. The number of para-hydroxylation sites is 1. The third kappa shape index (κ3) is 4.93. The zero-order chi connectivity index (χ0) is 37.5. The molecule has 0 radical (unpaired) electrons. The molecule has 0 amide bonds. The third-order valence-corrected chi connectivity index (χ3v) is 14.8. The van der Waals surface area contributed by atoms with Crippen molar-refractivity contribution in [3.8, 4) is 44.5 Å². The van der Waals surface area contributed by atoms with Crippen LogP contribution in [-0.2, 0) is 5.41 Å². The van der Waals surface area contributed by atoms with Gasteiger partial charge in [0.05, 0.1) is 16.1 Å². The molecule has 12 rings (SSSR count). The van der Waals surface area contributed by atoms with Crippen LogP contribution in [-0.4, -0.2) is 0 Å². The maximum absolute atomic E-state index is 2.61. The van der Waals surface area contributed by atoms with Gasteiger partial charge in [0.2, 0.25) is 0 Å². The number of nitrogens with zero attached hydrogens (tertiary/aromatic N) is 1. The van der Waals surface area contributed by atoms with Crippen molar-refractivity contribution in [3.05, 3.63) is 199 Å². The Hall–Kier alpha value is -6.22. The van der Waals surface area contributed by atoms with Crippen molar-refractivity contribution in [1.82, 2.24) is 0 Å². The van der Waals surface area contributed by atoms with Crippen molar-refractivity contribution in [3.63, 3.8) is 0 Å². The molecule has 3 aliphatic rings. The Kier molecular flexibility index (Phi) is 7.47. The second-order valence-corrected chi connectivity index (χ2v) is 17.4. The van der Waals surface area contributed by atoms with Gasteiger partial charge in [0.1, 0.15) is 0 Å². The van der Waals surface area contributed by atoms with E-state index < -0.39 is 0 Å². The predicted octanol–water partition coefficient (Wildman–Crippen LogP) is 15.6. The number of hydrogen-bond acceptors (Lipinski definition) is 2. The Morgan fingerprint density at radius 1 is 0.456 bits per heavy atom. The van der Waals surface area contributed by atoms with Gasteiger partial charge in [-0.2, -0.15) is 0 Å². The monoisotopic (exact) mass is 747 g/mol. The van der Waals surface area contributed by atoms with E-state index >= 15 is 0 Å². The van der Waals surface area contributed by atoms with Gasteiger partial charge >= 0.3 is 0 Å². The zero-order valence-electron chi connectivity index (χ0n) is 31.7. The lowest BCUT2D eigenvalue weighted by Gasteiger charge is -2.37. The summed E-state index contributed by atoms with van der Waals surface area (Å²) in [4.78, 5) is 2.59. The van der Waals surface area contributed by atoms with Crippen LogP contribution in [0.2, 0.25) is 0 Å². The largest absolute Gasteiger partial charge is 0.308 e. The molecular formula is C55H41NS. The Morgan fingerprint density at radius 2 is 1.07 bits per heavy atom. The van der Waals surface area contributed by atoms with Crippen LogP contribution >= 0.6 is 11.3 Å². The van der Waals surface area contributed by atoms with Gasteiger partial charge in [-0.25, -0.2) is 0 Å². The quantitative estimate of drug-likeness (QED) is 0.164. The molecule has 1 aromatic heterocycles. The molecule has 57 heavy (non-hydrogen) atoms. The summed E-state index contributed by atoms with van der Waals surface area (Å²) < 4.78 is 2.64. The fraction of sp³-hybridized carbons (Fsp3) is 0.127. The third-order valence-electron chi connectivity index (χ3n) is 13.6. The van der Waals surface area contributed by atoms with Crippen molar-refractivity contribution in [2.24, 2.45) is 11.8 Å². The Balaban J connectivity index is 1.11. The maximum atomic E-state index is 2.61. The number of anilines is 3. The fourth-order valence-electron chi connectivity index (χ4n) is 11.3. The Labute approximate surface area is 338 Å². The van der Waals surface area contributed by atoms with Crippen LogP contribution in [0.3, 0.4) is 0 Å². The molecule has 0 N–H and O–H groups in total. The molecule has 0 saturated heterocycles. The van der Waals surface area contributed by atoms with Gasteiger partial charge in [0, 0.05) is 32.1 Å². The normalized spacial score (nSPS) is 19.0. The molecule has 1 nitrogen and oxygen atoms in total. The van der Waals surface area contributed by atoms with Crippen molar-refractivity contribution in [2.75, 3.05) is 4.90 Å². The van der Waals surface area contributed by atoms with E-state index in [9.17, 15) is 0 Å². The Morgan fingerprint density at radius 3 is 1.86 bits per heavy atom. The second-order valence-electron chi connectivity index (χ2n) is 16.4. The van der Waals surface area contributed by atoms with E-state index in [1.807, 2.05) is 11.3 Å². The summed E-state index contributed by atoms with van der Waals surface area (Å²) >= 11 is 1.91. The lowest BCUT2D eigenvalue weighted by Crippen LogP contribution is -2.32. The molecule has 1 heterocycles. The predicted molar refractivity (Wildman–Crippen MR) is 242 cm³/mol. The summed E-state index contributed by atoms with van der Waals surface area (Å²) in [5.74, 6) is 1.51. The molecule has 3 aliphatic carbocycles. The summed E-state index contributed by atoms with van der Waals surface area (Å²) in [6, 6.07) is 70.4. The molecular weight excluding hydrogens is 707 g/mol. The van der Waals surface area contributed by atoms with Gasteiger partial charge < -0.3 is 4.90 Å². The SMILES string of the molecule is c1ccc(-c2ccccc2-c2ccccc2-c2ccccc2N(c2ccc3c(c2)C2(CC4CCC2C4)c2ccccc2-3)c2cccc3c2sc2ccccc23)cc1. The highest BCUT2D eigenvalue weighted by Gasteiger charge is 2.56. The molecule has 9 aromatic rings. The molecule has 2 bridgehead atoms. The van der Waals surface area contributed by atoms with Gasteiger partial charge in [-0.15, -0.1) is 11.3 Å². The van der Waals surface area contributed by atoms with E-state index in [0.29, 0.717) is 5.92 Å². The first-order valence-electron chi connectivity index (χ1n) is 20.5. The van der Waals surface area contributed by atoms with Crippen molar-refractivity contribution in [1.29, 1.82) is 0 Å². The molecule has 8 aromatic carbocycles. The summed E-state index contributed by atoms with van der Waals surface area (Å²) in [7, 11) is 0. The van der Waals surface area contributed by atoms with E-state index in [-0.39, 0.29) is 5.41 Å². The molecule has 3 unspecified atom stereocenters. The van der Waals surface area contributed by atoms with Crippen LogP contribution < -0.4 is 4.90 Å². The highest BCUT2D eigenvalue weighted by atomic mass is 32.1. The molecule has 2 heteroatoms. The van der Waals surface area contributed by atoms with E-state index in [2.05, 4.69) is 193 Å². The minimum atomic E-state index is 0.0907. The first-order chi connectivity index (χ1) is 28.3. The number of fused-ring (bicyclic) bond motifs is 11. The standard InChI is InChI=1S/C55H41NS/c1-2-15-37(16-3-1)40-17-4-5-18-41(40)42-19-6-7-20-43(42)46-22-9-12-26-51(46)56(52-27-14-24-48-47-23-10-13-28-53(47)57-54(48)52)39-31-32-45-44-21-8-11-25-49(44)55(50(45)34-39)35-36-29-30-38(55)33-36/h1-28,31-32,34,36,38H,29-30,33,35H2. The van der Waals surface area contributed by atoms with E-state index in [4.69, 9.17) is 0 Å². The summed E-state index contributed by atoms with van der Waals surface area (Å²) in [5, 5.41) is 2.63. The summed E-state index contributed by atoms with van der Waals surface area (Å²) in [5.41, 5.74) is 17.1.